The van der Waals surface area contributed by atoms with Gasteiger partial charge in [-0.2, -0.15) is 0 Å². The fourth-order valence-electron chi connectivity index (χ4n) is 1.99. The molecule has 2 rings (SSSR count). The predicted octanol–water partition coefficient (Wildman–Crippen LogP) is 3.27. The van der Waals surface area contributed by atoms with Crippen molar-refractivity contribution >= 4 is 0 Å². The molecule has 1 heteroatoms. The van der Waals surface area contributed by atoms with E-state index >= 15 is 0 Å². The molecule has 1 saturated carbocycles. The number of rotatable bonds is 4. The van der Waals surface area contributed by atoms with Crippen LogP contribution in [0.3, 0.4) is 0 Å². The highest BCUT2D eigenvalue weighted by Crippen LogP contribution is 2.39. The van der Waals surface area contributed by atoms with Gasteiger partial charge in [-0.3, -0.25) is 0 Å². The second kappa shape index (κ2) is 3.97. The van der Waals surface area contributed by atoms with Gasteiger partial charge in [0.1, 0.15) is 0 Å². The lowest BCUT2D eigenvalue weighted by atomic mass is 9.98. The minimum Gasteiger partial charge on any atom is -0.307 e. The van der Waals surface area contributed by atoms with Gasteiger partial charge < -0.3 is 5.32 Å². The standard InChI is InChI=1S/C14H21N/c1-11-4-6-12(7-5-11)10-15-14(2,3)13-8-9-13/h4-7,13,15H,8-10H2,1-3H3. The van der Waals surface area contributed by atoms with E-state index in [1.807, 2.05) is 0 Å². The third-order valence-electron chi connectivity index (χ3n) is 3.47. The summed E-state index contributed by atoms with van der Waals surface area (Å²) in [5.41, 5.74) is 3.03. The molecule has 0 atom stereocenters. The lowest BCUT2D eigenvalue weighted by Gasteiger charge is -2.26. The summed E-state index contributed by atoms with van der Waals surface area (Å²) in [4.78, 5) is 0. The van der Waals surface area contributed by atoms with Gasteiger partial charge in [0.25, 0.3) is 0 Å². The van der Waals surface area contributed by atoms with Gasteiger partial charge in [-0.1, -0.05) is 29.8 Å². The third-order valence-corrected chi connectivity index (χ3v) is 3.47. The Morgan fingerprint density at radius 1 is 1.20 bits per heavy atom. The highest BCUT2D eigenvalue weighted by atomic mass is 15.0. The van der Waals surface area contributed by atoms with E-state index in [2.05, 4.69) is 50.4 Å². The van der Waals surface area contributed by atoms with Gasteiger partial charge in [0.2, 0.25) is 0 Å². The molecule has 1 aliphatic carbocycles. The molecule has 0 amide bonds. The molecule has 0 unspecified atom stereocenters. The first-order valence-corrected chi connectivity index (χ1v) is 5.88. The Morgan fingerprint density at radius 3 is 2.33 bits per heavy atom. The second-order valence-corrected chi connectivity index (χ2v) is 5.34. The van der Waals surface area contributed by atoms with Crippen molar-refractivity contribution in [3.05, 3.63) is 35.4 Å². The molecule has 1 fully saturated rings. The zero-order valence-electron chi connectivity index (χ0n) is 10.0. The molecule has 1 nitrogen and oxygen atoms in total. The second-order valence-electron chi connectivity index (χ2n) is 5.34. The van der Waals surface area contributed by atoms with Gasteiger partial charge in [0.15, 0.2) is 0 Å². The zero-order valence-corrected chi connectivity index (χ0v) is 10.0. The van der Waals surface area contributed by atoms with Crippen LogP contribution in [0.4, 0.5) is 0 Å². The fourth-order valence-corrected chi connectivity index (χ4v) is 1.99. The van der Waals surface area contributed by atoms with Crippen LogP contribution >= 0.6 is 0 Å². The lowest BCUT2D eigenvalue weighted by molar-refractivity contribution is 0.339. The zero-order chi connectivity index (χ0) is 10.9. The van der Waals surface area contributed by atoms with Gasteiger partial charge in [0.05, 0.1) is 0 Å². The smallest absolute Gasteiger partial charge is 0.0210 e. The van der Waals surface area contributed by atoms with Crippen LogP contribution in [0.5, 0.6) is 0 Å². The van der Waals surface area contributed by atoms with Crippen molar-refractivity contribution in [2.24, 2.45) is 5.92 Å². The van der Waals surface area contributed by atoms with E-state index in [9.17, 15) is 0 Å². The molecule has 0 aromatic heterocycles. The van der Waals surface area contributed by atoms with Crippen molar-refractivity contribution in [2.45, 2.75) is 45.7 Å². The van der Waals surface area contributed by atoms with E-state index in [-0.39, 0.29) is 0 Å². The monoisotopic (exact) mass is 203 g/mol. The van der Waals surface area contributed by atoms with Crippen LogP contribution in [0.15, 0.2) is 24.3 Å². The maximum Gasteiger partial charge on any atom is 0.0210 e. The average Bonchev–Trinajstić information content (AvgIpc) is 3.00. The Hall–Kier alpha value is -0.820. The molecule has 1 aromatic carbocycles. The normalized spacial score (nSPS) is 16.7. The van der Waals surface area contributed by atoms with Gasteiger partial charge in [-0.05, 0) is 45.1 Å². The molecule has 0 bridgehead atoms. The van der Waals surface area contributed by atoms with Crippen LogP contribution in [0, 0.1) is 12.8 Å². The Labute approximate surface area is 92.9 Å². The predicted molar refractivity (Wildman–Crippen MR) is 64.8 cm³/mol. The van der Waals surface area contributed by atoms with Crippen molar-refractivity contribution in [3.8, 4) is 0 Å². The van der Waals surface area contributed by atoms with E-state index in [1.54, 1.807) is 0 Å². The van der Waals surface area contributed by atoms with Crippen LogP contribution in [-0.2, 0) is 6.54 Å². The van der Waals surface area contributed by atoms with Crippen molar-refractivity contribution in [1.82, 2.24) is 5.32 Å². The molecule has 82 valence electrons. The molecule has 1 N–H and O–H groups in total. The highest BCUT2D eigenvalue weighted by molar-refractivity contribution is 5.21. The summed E-state index contributed by atoms with van der Waals surface area (Å²) in [6.45, 7) is 7.76. The van der Waals surface area contributed by atoms with Gasteiger partial charge in [-0.25, -0.2) is 0 Å². The SMILES string of the molecule is Cc1ccc(CNC(C)(C)C2CC2)cc1. The molecular weight excluding hydrogens is 182 g/mol. The van der Waals surface area contributed by atoms with Crippen molar-refractivity contribution < 1.29 is 0 Å². The molecular formula is C14H21N. The van der Waals surface area contributed by atoms with Gasteiger partial charge in [-0.15, -0.1) is 0 Å². The molecule has 0 radical (unpaired) electrons. The Balaban J connectivity index is 1.89. The number of nitrogens with one attached hydrogen (secondary N) is 1. The van der Waals surface area contributed by atoms with Crippen molar-refractivity contribution in [2.75, 3.05) is 0 Å². The topological polar surface area (TPSA) is 12.0 Å². The average molecular weight is 203 g/mol. The largest absolute Gasteiger partial charge is 0.307 e. The first-order chi connectivity index (χ1) is 7.08. The van der Waals surface area contributed by atoms with Crippen molar-refractivity contribution in [1.29, 1.82) is 0 Å². The summed E-state index contributed by atoms with van der Waals surface area (Å²) in [6.07, 6.45) is 2.79. The van der Waals surface area contributed by atoms with E-state index in [1.165, 1.54) is 24.0 Å². The first kappa shape index (κ1) is 10.7. The van der Waals surface area contributed by atoms with Crippen LogP contribution in [0.1, 0.15) is 37.8 Å². The van der Waals surface area contributed by atoms with Crippen LogP contribution in [0.25, 0.3) is 0 Å². The summed E-state index contributed by atoms with van der Waals surface area (Å²) in [5.74, 6) is 0.892. The third kappa shape index (κ3) is 2.82. The molecule has 0 spiro atoms. The summed E-state index contributed by atoms with van der Waals surface area (Å²) < 4.78 is 0. The number of hydrogen-bond donors (Lipinski definition) is 1. The molecule has 1 aromatic rings. The van der Waals surface area contributed by atoms with Gasteiger partial charge in [0, 0.05) is 12.1 Å². The van der Waals surface area contributed by atoms with Crippen LogP contribution in [-0.4, -0.2) is 5.54 Å². The van der Waals surface area contributed by atoms with Crippen LogP contribution in [0.2, 0.25) is 0 Å². The van der Waals surface area contributed by atoms with Gasteiger partial charge >= 0.3 is 0 Å². The van der Waals surface area contributed by atoms with E-state index < -0.39 is 0 Å². The molecule has 0 saturated heterocycles. The summed E-state index contributed by atoms with van der Waals surface area (Å²) >= 11 is 0. The number of hydrogen-bond acceptors (Lipinski definition) is 1. The van der Waals surface area contributed by atoms with Crippen molar-refractivity contribution in [3.63, 3.8) is 0 Å². The maximum absolute atomic E-state index is 3.66. The van der Waals surface area contributed by atoms with Crippen LogP contribution < -0.4 is 5.32 Å². The Kier molecular flexibility index (Phi) is 2.83. The number of benzene rings is 1. The Bertz CT molecular complexity index is 320. The minimum absolute atomic E-state index is 0.310. The first-order valence-electron chi connectivity index (χ1n) is 5.88. The minimum atomic E-state index is 0.310. The summed E-state index contributed by atoms with van der Waals surface area (Å²) in [7, 11) is 0. The fraction of sp³-hybridized carbons (Fsp3) is 0.571. The maximum atomic E-state index is 3.66. The molecule has 0 heterocycles. The summed E-state index contributed by atoms with van der Waals surface area (Å²) in [6, 6.07) is 8.79. The molecule has 1 aliphatic rings. The quantitative estimate of drug-likeness (QED) is 0.792. The van der Waals surface area contributed by atoms with E-state index in [0.717, 1.165) is 12.5 Å². The number of aryl methyl sites for hydroxylation is 1. The highest BCUT2D eigenvalue weighted by Gasteiger charge is 2.36. The summed E-state index contributed by atoms with van der Waals surface area (Å²) in [5, 5.41) is 3.66. The molecule has 0 aliphatic heterocycles. The lowest BCUT2D eigenvalue weighted by Crippen LogP contribution is -2.40. The Morgan fingerprint density at radius 2 is 1.80 bits per heavy atom. The van der Waals surface area contributed by atoms with E-state index in [4.69, 9.17) is 0 Å². The molecule has 15 heavy (non-hydrogen) atoms. The van der Waals surface area contributed by atoms with E-state index in [0.29, 0.717) is 5.54 Å².